The van der Waals surface area contributed by atoms with Gasteiger partial charge in [-0.05, 0) is 43.7 Å². The number of amides is 1. The molecule has 0 aliphatic carbocycles. The summed E-state index contributed by atoms with van der Waals surface area (Å²) in [6.07, 6.45) is 0.878. The molecule has 0 saturated carbocycles. The molecule has 1 aliphatic heterocycles. The molecule has 208 valence electrons. The zero-order valence-corrected chi connectivity index (χ0v) is 22.3. The molecule has 1 saturated heterocycles. The summed E-state index contributed by atoms with van der Waals surface area (Å²) in [6.45, 7) is 0.961. The van der Waals surface area contributed by atoms with Crippen LogP contribution in [0.4, 0.5) is 28.9 Å². The lowest BCUT2D eigenvalue weighted by atomic mass is 10.0. The maximum Gasteiger partial charge on any atom is 0.447 e. The number of aromatic nitrogens is 2. The highest BCUT2D eigenvalue weighted by atomic mass is 32.2. The van der Waals surface area contributed by atoms with Crippen molar-refractivity contribution in [3.8, 4) is 17.6 Å². The Bertz CT molecular complexity index is 1400. The summed E-state index contributed by atoms with van der Waals surface area (Å²) < 4.78 is 61.7. The van der Waals surface area contributed by atoms with Crippen molar-refractivity contribution in [3.63, 3.8) is 0 Å². The molecular formula is C26H28F4N6O2S. The van der Waals surface area contributed by atoms with E-state index in [-0.39, 0.29) is 47.1 Å². The zero-order valence-electron chi connectivity index (χ0n) is 21.5. The lowest BCUT2D eigenvalue weighted by Gasteiger charge is -2.33. The number of methoxy groups -OCH3 is 1. The first kappa shape index (κ1) is 28.4. The van der Waals surface area contributed by atoms with E-state index in [9.17, 15) is 22.4 Å². The number of benzene rings is 1. The fourth-order valence-corrected chi connectivity index (χ4v) is 4.99. The van der Waals surface area contributed by atoms with E-state index in [0.717, 1.165) is 0 Å². The molecule has 0 radical (unpaired) electrons. The molecule has 1 aromatic carbocycles. The van der Waals surface area contributed by atoms with E-state index in [1.165, 1.54) is 24.8 Å². The Kier molecular flexibility index (Phi) is 8.76. The number of imidazole rings is 1. The maximum absolute atomic E-state index is 14.6. The number of alkyl halides is 4. The third-order valence-electron chi connectivity index (χ3n) is 6.18. The Morgan fingerprint density at radius 1 is 1.28 bits per heavy atom. The van der Waals surface area contributed by atoms with Crippen molar-refractivity contribution in [2.75, 3.05) is 51.5 Å². The number of nitrogens with zero attached hydrogens (tertiary/aromatic N) is 3. The molecule has 0 spiro atoms. The van der Waals surface area contributed by atoms with E-state index in [1.807, 2.05) is 11.9 Å². The van der Waals surface area contributed by atoms with Crippen LogP contribution in [0.25, 0.3) is 5.65 Å². The van der Waals surface area contributed by atoms with Crippen LogP contribution < -0.4 is 20.7 Å². The molecule has 1 aliphatic rings. The quantitative estimate of drug-likeness (QED) is 0.225. The molecule has 3 heterocycles. The van der Waals surface area contributed by atoms with E-state index in [0.29, 0.717) is 35.7 Å². The highest BCUT2D eigenvalue weighted by molar-refractivity contribution is 8.00. The first-order chi connectivity index (χ1) is 18.6. The van der Waals surface area contributed by atoms with Gasteiger partial charge in [0.15, 0.2) is 5.65 Å². The Hall–Kier alpha value is -3.63. The number of para-hydroxylation sites is 1. The van der Waals surface area contributed by atoms with Crippen molar-refractivity contribution < 1.29 is 27.1 Å². The number of likely N-dealkylation sites (tertiary alicyclic amines) is 1. The highest BCUT2D eigenvalue weighted by Crippen LogP contribution is 2.39. The smallest absolute Gasteiger partial charge is 0.447 e. The van der Waals surface area contributed by atoms with E-state index in [1.54, 1.807) is 30.3 Å². The third kappa shape index (κ3) is 6.69. The number of carbonyl (C=O) groups is 1. The number of ether oxygens (including phenoxy) is 1. The van der Waals surface area contributed by atoms with Gasteiger partial charge >= 0.3 is 5.51 Å². The fraction of sp³-hybridized carbons (Fsp3) is 0.385. The van der Waals surface area contributed by atoms with E-state index in [4.69, 9.17) is 4.74 Å². The Morgan fingerprint density at radius 3 is 2.77 bits per heavy atom. The van der Waals surface area contributed by atoms with Crippen LogP contribution in [-0.2, 0) is 0 Å². The van der Waals surface area contributed by atoms with Gasteiger partial charge in [-0.1, -0.05) is 12.0 Å². The maximum atomic E-state index is 14.6. The van der Waals surface area contributed by atoms with Crippen LogP contribution in [-0.4, -0.2) is 78.8 Å². The highest BCUT2D eigenvalue weighted by Gasteiger charge is 2.34. The number of hydrogen-bond donors (Lipinski definition) is 3. The van der Waals surface area contributed by atoms with Crippen molar-refractivity contribution >= 4 is 34.7 Å². The second kappa shape index (κ2) is 12.0. The van der Waals surface area contributed by atoms with Crippen LogP contribution in [0.2, 0.25) is 0 Å². The minimum Gasteiger partial charge on any atom is -0.495 e. The molecule has 2 atom stereocenters. The summed E-state index contributed by atoms with van der Waals surface area (Å²) in [5.41, 5.74) is -3.27. The van der Waals surface area contributed by atoms with Crippen molar-refractivity contribution in [2.24, 2.45) is 0 Å². The molecule has 13 heteroatoms. The third-order valence-corrected chi connectivity index (χ3v) is 7.00. The van der Waals surface area contributed by atoms with Gasteiger partial charge in [0.2, 0.25) is 0 Å². The Labute approximate surface area is 227 Å². The van der Waals surface area contributed by atoms with Crippen molar-refractivity contribution in [2.45, 2.75) is 29.2 Å². The van der Waals surface area contributed by atoms with Gasteiger partial charge in [-0.15, -0.1) is 0 Å². The average Bonchev–Trinajstić information content (AvgIpc) is 3.24. The molecule has 8 nitrogen and oxygen atoms in total. The number of fused-ring (bicyclic) bond motifs is 1. The molecule has 3 aromatic rings. The second-order valence-electron chi connectivity index (χ2n) is 8.86. The van der Waals surface area contributed by atoms with Crippen molar-refractivity contribution in [3.05, 3.63) is 47.8 Å². The molecule has 0 unspecified atom stereocenters. The van der Waals surface area contributed by atoms with Gasteiger partial charge in [-0.25, -0.2) is 9.37 Å². The van der Waals surface area contributed by atoms with E-state index >= 15 is 0 Å². The van der Waals surface area contributed by atoms with Crippen LogP contribution in [0.3, 0.4) is 0 Å². The summed E-state index contributed by atoms with van der Waals surface area (Å²) >= 11 is -0.315. The van der Waals surface area contributed by atoms with Gasteiger partial charge < -0.3 is 25.6 Å². The largest absolute Gasteiger partial charge is 0.495 e. The fourth-order valence-electron chi connectivity index (χ4n) is 4.33. The normalized spacial score (nSPS) is 17.8. The molecular weight excluding hydrogens is 536 g/mol. The van der Waals surface area contributed by atoms with Crippen molar-refractivity contribution in [1.82, 2.24) is 19.6 Å². The van der Waals surface area contributed by atoms with Crippen LogP contribution in [0, 0.1) is 11.8 Å². The lowest BCUT2D eigenvalue weighted by molar-refractivity contribution is -0.0330. The number of rotatable bonds is 7. The number of piperidine rings is 1. The summed E-state index contributed by atoms with van der Waals surface area (Å²) in [5.74, 6) is 5.59. The molecule has 4 rings (SSSR count). The first-order valence-corrected chi connectivity index (χ1v) is 12.9. The topological polar surface area (TPSA) is 82.9 Å². The van der Waals surface area contributed by atoms with Gasteiger partial charge in [0, 0.05) is 38.1 Å². The van der Waals surface area contributed by atoms with Gasteiger partial charge in [0.25, 0.3) is 5.91 Å². The lowest BCUT2D eigenvalue weighted by Crippen LogP contribution is -2.46. The zero-order chi connectivity index (χ0) is 28.2. The monoisotopic (exact) mass is 564 g/mol. The van der Waals surface area contributed by atoms with Crippen LogP contribution >= 0.6 is 11.8 Å². The summed E-state index contributed by atoms with van der Waals surface area (Å²) in [7, 11) is 4.80. The van der Waals surface area contributed by atoms with Gasteiger partial charge in [-0.3, -0.25) is 9.20 Å². The molecule has 1 amide bonds. The second-order valence-corrected chi connectivity index (χ2v) is 9.92. The number of halogens is 4. The van der Waals surface area contributed by atoms with Crippen LogP contribution in [0.1, 0.15) is 22.5 Å². The summed E-state index contributed by atoms with van der Waals surface area (Å²) in [4.78, 5) is 18.5. The van der Waals surface area contributed by atoms with E-state index < -0.39 is 17.7 Å². The number of thioether (sulfide) groups is 1. The summed E-state index contributed by atoms with van der Waals surface area (Å²) in [5, 5.41) is 8.50. The minimum absolute atomic E-state index is 0.00139. The van der Waals surface area contributed by atoms with Gasteiger partial charge in [0.05, 0.1) is 36.6 Å². The minimum atomic E-state index is -4.58. The molecule has 3 N–H and O–H groups in total. The number of carbonyl (C=O) groups excluding carboxylic acids is 1. The standard InChI is InChI=1S/C26H28F4N6O2S/c1-31-24(37)16-7-4-10-21(38-3)22(16)32-12-5-8-20-25(39-26(28,29)30)36-13-6-9-19(23(36)34-20)33-18-11-14-35(2)15-17(18)27/h4,6-7,9-10,13,17-18,32-33H,11-12,14-15H2,1-3H3,(H,31,37)/t17-,18+/m0/s1. The molecule has 0 bridgehead atoms. The van der Waals surface area contributed by atoms with Crippen LogP contribution in [0.5, 0.6) is 5.75 Å². The van der Waals surface area contributed by atoms with Gasteiger partial charge in [0.1, 0.15) is 22.6 Å². The van der Waals surface area contributed by atoms with Gasteiger partial charge in [-0.2, -0.15) is 13.2 Å². The predicted octanol–water partition coefficient (Wildman–Crippen LogP) is 4.23. The predicted molar refractivity (Wildman–Crippen MR) is 143 cm³/mol. The number of nitrogens with one attached hydrogen (secondary N) is 3. The number of pyridine rings is 1. The summed E-state index contributed by atoms with van der Waals surface area (Å²) in [6, 6.07) is 7.70. The molecule has 2 aromatic heterocycles. The Morgan fingerprint density at radius 2 is 2.08 bits per heavy atom. The Balaban J connectivity index is 1.64. The SMILES string of the molecule is CNC(=O)c1cccc(OC)c1NCC#Cc1nc2c(N[C@@H]3CCN(C)C[C@@H]3F)cccn2c1SC(F)(F)F. The van der Waals surface area contributed by atoms with Crippen LogP contribution in [0.15, 0.2) is 41.6 Å². The number of hydrogen-bond acceptors (Lipinski definition) is 7. The van der Waals surface area contributed by atoms with E-state index in [2.05, 4.69) is 32.8 Å². The average molecular weight is 565 g/mol. The number of anilines is 2. The first-order valence-electron chi connectivity index (χ1n) is 12.1. The molecule has 39 heavy (non-hydrogen) atoms. The van der Waals surface area contributed by atoms with Crippen molar-refractivity contribution in [1.29, 1.82) is 0 Å². The molecule has 1 fully saturated rings.